The molecule has 1 aromatic carbocycles. The number of rotatable bonds is 6. The zero-order chi connectivity index (χ0) is 11.1. The molecule has 0 spiro atoms. The Hall–Kier alpha value is -0.210. The molecule has 15 heavy (non-hydrogen) atoms. The highest BCUT2D eigenvalue weighted by Gasteiger charge is 2.08. The van der Waals surface area contributed by atoms with Gasteiger partial charge in [0.15, 0.2) is 0 Å². The number of thioether (sulfide) groups is 1. The van der Waals surface area contributed by atoms with Gasteiger partial charge in [-0.25, -0.2) is 4.39 Å². The molecular formula is C12H16ClFS. The van der Waals surface area contributed by atoms with E-state index in [1.165, 1.54) is 6.07 Å². The van der Waals surface area contributed by atoms with Gasteiger partial charge < -0.3 is 0 Å². The maximum atomic E-state index is 12.9. The Balaban J connectivity index is 2.50. The average Bonchev–Trinajstić information content (AvgIpc) is 2.24. The van der Waals surface area contributed by atoms with Crippen LogP contribution >= 0.6 is 23.4 Å². The normalized spacial score (nSPS) is 12.7. The zero-order valence-corrected chi connectivity index (χ0v) is 10.5. The van der Waals surface area contributed by atoms with Gasteiger partial charge in [0.05, 0.1) is 0 Å². The van der Waals surface area contributed by atoms with E-state index in [1.807, 2.05) is 17.8 Å². The highest BCUT2D eigenvalue weighted by atomic mass is 35.5. The van der Waals surface area contributed by atoms with Gasteiger partial charge in [-0.2, -0.15) is 11.8 Å². The Kier molecular flexibility index (Phi) is 6.11. The topological polar surface area (TPSA) is 0 Å². The minimum absolute atomic E-state index is 0.161. The van der Waals surface area contributed by atoms with Gasteiger partial charge in [0.1, 0.15) is 5.82 Å². The van der Waals surface area contributed by atoms with Crippen LogP contribution in [0.2, 0.25) is 0 Å². The van der Waals surface area contributed by atoms with E-state index in [0.29, 0.717) is 11.8 Å². The lowest BCUT2D eigenvalue weighted by Crippen LogP contribution is -2.07. The minimum Gasteiger partial charge on any atom is -0.207 e. The number of benzene rings is 1. The van der Waals surface area contributed by atoms with Crippen LogP contribution in [0.3, 0.4) is 0 Å². The van der Waals surface area contributed by atoms with Gasteiger partial charge in [0.25, 0.3) is 0 Å². The van der Waals surface area contributed by atoms with Crippen molar-refractivity contribution in [3.05, 3.63) is 35.6 Å². The Morgan fingerprint density at radius 3 is 2.87 bits per heavy atom. The quantitative estimate of drug-likeness (QED) is 0.685. The third-order valence-electron chi connectivity index (χ3n) is 2.36. The molecule has 0 aliphatic heterocycles. The molecule has 0 aromatic heterocycles. The first-order valence-electron chi connectivity index (χ1n) is 5.05. The summed E-state index contributed by atoms with van der Waals surface area (Å²) < 4.78 is 12.9. The molecule has 1 atom stereocenters. The molecule has 0 aliphatic carbocycles. The Bertz CT molecular complexity index is 291. The van der Waals surface area contributed by atoms with Crippen molar-refractivity contribution < 1.29 is 4.39 Å². The summed E-state index contributed by atoms with van der Waals surface area (Å²) in [5.41, 5.74) is 1.04. The van der Waals surface area contributed by atoms with E-state index >= 15 is 0 Å². The summed E-state index contributed by atoms with van der Waals surface area (Å²) in [6.07, 6.45) is 4.07. The van der Waals surface area contributed by atoms with Crippen LogP contribution in [0.4, 0.5) is 4.39 Å². The third-order valence-corrected chi connectivity index (χ3v) is 3.44. The molecular weight excluding hydrogens is 231 g/mol. The van der Waals surface area contributed by atoms with E-state index < -0.39 is 0 Å². The fourth-order valence-corrected chi connectivity index (χ4v) is 2.35. The van der Waals surface area contributed by atoms with Crippen molar-refractivity contribution in [2.45, 2.75) is 12.8 Å². The Morgan fingerprint density at radius 2 is 2.27 bits per heavy atom. The average molecular weight is 247 g/mol. The largest absolute Gasteiger partial charge is 0.207 e. The van der Waals surface area contributed by atoms with Crippen LogP contribution in [0, 0.1) is 11.7 Å². The van der Waals surface area contributed by atoms with Crippen LogP contribution in [0.25, 0.3) is 0 Å². The van der Waals surface area contributed by atoms with Crippen molar-refractivity contribution in [2.24, 2.45) is 5.92 Å². The summed E-state index contributed by atoms with van der Waals surface area (Å²) in [6.45, 7) is 0. The fraction of sp³-hybridized carbons (Fsp3) is 0.500. The molecule has 0 N–H and O–H groups in total. The van der Waals surface area contributed by atoms with Gasteiger partial charge in [0.2, 0.25) is 0 Å². The van der Waals surface area contributed by atoms with Crippen LogP contribution in [-0.2, 0) is 6.42 Å². The van der Waals surface area contributed by atoms with Gasteiger partial charge in [0, 0.05) is 5.88 Å². The summed E-state index contributed by atoms with van der Waals surface area (Å²) in [5, 5.41) is 0. The van der Waals surface area contributed by atoms with E-state index in [-0.39, 0.29) is 5.82 Å². The second-order valence-electron chi connectivity index (χ2n) is 3.64. The molecule has 0 aliphatic rings. The highest BCUT2D eigenvalue weighted by Crippen LogP contribution is 2.16. The summed E-state index contributed by atoms with van der Waals surface area (Å²) in [4.78, 5) is 0. The van der Waals surface area contributed by atoms with E-state index in [0.717, 1.165) is 24.2 Å². The molecule has 0 amide bonds. The van der Waals surface area contributed by atoms with Crippen molar-refractivity contribution in [3.63, 3.8) is 0 Å². The molecule has 0 bridgehead atoms. The van der Waals surface area contributed by atoms with E-state index in [4.69, 9.17) is 11.6 Å². The molecule has 84 valence electrons. The van der Waals surface area contributed by atoms with Crippen molar-refractivity contribution in [1.82, 2.24) is 0 Å². The molecule has 3 heteroatoms. The molecule has 0 saturated carbocycles. The predicted molar refractivity (Wildman–Crippen MR) is 67.3 cm³/mol. The van der Waals surface area contributed by atoms with E-state index in [9.17, 15) is 4.39 Å². The monoisotopic (exact) mass is 246 g/mol. The van der Waals surface area contributed by atoms with Gasteiger partial charge in [-0.05, 0) is 48.5 Å². The maximum Gasteiger partial charge on any atom is 0.123 e. The van der Waals surface area contributed by atoms with Crippen LogP contribution in [-0.4, -0.2) is 17.9 Å². The van der Waals surface area contributed by atoms with Crippen molar-refractivity contribution in [2.75, 3.05) is 17.9 Å². The summed E-state index contributed by atoms with van der Waals surface area (Å²) in [5.74, 6) is 2.07. The fourth-order valence-electron chi connectivity index (χ4n) is 1.52. The van der Waals surface area contributed by atoms with Crippen LogP contribution in [0.15, 0.2) is 24.3 Å². The first-order valence-corrected chi connectivity index (χ1v) is 6.98. The second-order valence-corrected chi connectivity index (χ2v) is 4.93. The lowest BCUT2D eigenvalue weighted by atomic mass is 9.99. The first kappa shape index (κ1) is 12.9. The molecule has 1 unspecified atom stereocenters. The number of halogens is 2. The Morgan fingerprint density at radius 1 is 1.47 bits per heavy atom. The van der Waals surface area contributed by atoms with Gasteiger partial charge in [-0.3, -0.25) is 0 Å². The summed E-state index contributed by atoms with van der Waals surface area (Å²) >= 11 is 7.72. The standard InChI is InChI=1S/C12H16ClFS/c1-15-6-5-11(9-13)7-10-3-2-4-12(14)8-10/h2-4,8,11H,5-7,9H2,1H3. The molecule has 1 aromatic rings. The SMILES string of the molecule is CSCCC(CCl)Cc1cccc(F)c1. The predicted octanol–water partition coefficient (Wildman–Crippen LogP) is 3.98. The molecule has 0 radical (unpaired) electrons. The molecule has 0 fully saturated rings. The first-order chi connectivity index (χ1) is 7.26. The molecule has 0 saturated heterocycles. The van der Waals surface area contributed by atoms with Gasteiger partial charge in [-0.15, -0.1) is 11.6 Å². The summed E-state index contributed by atoms with van der Waals surface area (Å²) in [6, 6.07) is 6.78. The molecule has 0 heterocycles. The maximum absolute atomic E-state index is 12.9. The van der Waals surface area contributed by atoms with E-state index in [2.05, 4.69) is 6.26 Å². The zero-order valence-electron chi connectivity index (χ0n) is 8.88. The van der Waals surface area contributed by atoms with Crippen molar-refractivity contribution >= 4 is 23.4 Å². The van der Waals surface area contributed by atoms with Gasteiger partial charge >= 0.3 is 0 Å². The third kappa shape index (κ3) is 4.89. The molecule has 1 rings (SSSR count). The summed E-state index contributed by atoms with van der Waals surface area (Å²) in [7, 11) is 0. The molecule has 0 nitrogen and oxygen atoms in total. The lowest BCUT2D eigenvalue weighted by Gasteiger charge is -2.12. The smallest absolute Gasteiger partial charge is 0.123 e. The van der Waals surface area contributed by atoms with Gasteiger partial charge in [-0.1, -0.05) is 12.1 Å². The number of hydrogen-bond donors (Lipinski definition) is 0. The highest BCUT2D eigenvalue weighted by molar-refractivity contribution is 7.98. The van der Waals surface area contributed by atoms with Crippen molar-refractivity contribution in [3.8, 4) is 0 Å². The second kappa shape index (κ2) is 7.13. The minimum atomic E-state index is -0.161. The van der Waals surface area contributed by atoms with Crippen LogP contribution < -0.4 is 0 Å². The Labute approximate surface area is 100 Å². The number of hydrogen-bond acceptors (Lipinski definition) is 1. The van der Waals surface area contributed by atoms with Crippen LogP contribution in [0.1, 0.15) is 12.0 Å². The van der Waals surface area contributed by atoms with Crippen LogP contribution in [0.5, 0.6) is 0 Å². The lowest BCUT2D eigenvalue weighted by molar-refractivity contribution is 0.566. The van der Waals surface area contributed by atoms with E-state index in [1.54, 1.807) is 12.1 Å². The number of alkyl halides is 1. The van der Waals surface area contributed by atoms with Crippen molar-refractivity contribution in [1.29, 1.82) is 0 Å².